The maximum Gasteiger partial charge on any atom is 0.192 e. The molecule has 0 amide bonds. The van der Waals surface area contributed by atoms with E-state index in [9.17, 15) is 0 Å². The number of fused-ring (bicyclic) bond motifs is 1. The van der Waals surface area contributed by atoms with Crippen molar-refractivity contribution < 1.29 is 4.42 Å². The number of benzene rings is 1. The predicted molar refractivity (Wildman–Crippen MR) is 88.9 cm³/mol. The van der Waals surface area contributed by atoms with Crippen molar-refractivity contribution in [1.29, 1.82) is 0 Å². The lowest BCUT2D eigenvalue weighted by atomic mass is 10.2. The van der Waals surface area contributed by atoms with Crippen LogP contribution >= 0.6 is 0 Å². The monoisotopic (exact) mass is 312 g/mol. The van der Waals surface area contributed by atoms with Gasteiger partial charge in [0.15, 0.2) is 5.96 Å². The SMILES string of the molecule is CCNC(=NCc1ncnn1C)NCc1cc2ccccc2o1. The molecule has 0 radical (unpaired) electrons. The highest BCUT2D eigenvalue weighted by molar-refractivity contribution is 5.80. The van der Waals surface area contributed by atoms with Crippen LogP contribution in [-0.4, -0.2) is 27.3 Å². The first-order valence-corrected chi connectivity index (χ1v) is 7.58. The molecule has 23 heavy (non-hydrogen) atoms. The van der Waals surface area contributed by atoms with Gasteiger partial charge in [-0.3, -0.25) is 4.68 Å². The highest BCUT2D eigenvalue weighted by Crippen LogP contribution is 2.18. The molecule has 1 aromatic carbocycles. The van der Waals surface area contributed by atoms with Gasteiger partial charge in [-0.25, -0.2) is 9.98 Å². The molecule has 2 heterocycles. The Morgan fingerprint density at radius 3 is 2.91 bits per heavy atom. The zero-order chi connectivity index (χ0) is 16.1. The van der Waals surface area contributed by atoms with Gasteiger partial charge in [0.1, 0.15) is 30.0 Å². The molecule has 0 bridgehead atoms. The summed E-state index contributed by atoms with van der Waals surface area (Å²) in [6, 6.07) is 10.0. The largest absolute Gasteiger partial charge is 0.459 e. The van der Waals surface area contributed by atoms with Crippen molar-refractivity contribution in [2.24, 2.45) is 12.0 Å². The van der Waals surface area contributed by atoms with E-state index in [2.05, 4.69) is 25.7 Å². The van der Waals surface area contributed by atoms with Crippen LogP contribution < -0.4 is 10.6 Å². The second-order valence-electron chi connectivity index (χ2n) is 5.10. The molecule has 120 valence electrons. The molecule has 0 fully saturated rings. The molecule has 0 aliphatic carbocycles. The summed E-state index contributed by atoms with van der Waals surface area (Å²) in [6.07, 6.45) is 1.53. The molecule has 0 saturated heterocycles. The van der Waals surface area contributed by atoms with Crippen molar-refractivity contribution in [3.05, 3.63) is 48.2 Å². The summed E-state index contributed by atoms with van der Waals surface area (Å²) in [5.41, 5.74) is 0.894. The van der Waals surface area contributed by atoms with Crippen LogP contribution in [0.2, 0.25) is 0 Å². The lowest BCUT2D eigenvalue weighted by molar-refractivity contribution is 0.538. The van der Waals surface area contributed by atoms with Gasteiger partial charge in [0, 0.05) is 19.0 Å². The van der Waals surface area contributed by atoms with Crippen molar-refractivity contribution in [2.45, 2.75) is 20.0 Å². The van der Waals surface area contributed by atoms with Crippen LogP contribution in [-0.2, 0) is 20.1 Å². The highest BCUT2D eigenvalue weighted by Gasteiger charge is 2.05. The van der Waals surface area contributed by atoms with Gasteiger partial charge in [-0.1, -0.05) is 18.2 Å². The van der Waals surface area contributed by atoms with Crippen LogP contribution in [0.1, 0.15) is 18.5 Å². The van der Waals surface area contributed by atoms with Gasteiger partial charge in [-0.2, -0.15) is 5.10 Å². The molecule has 7 heteroatoms. The molecule has 0 unspecified atom stereocenters. The van der Waals surface area contributed by atoms with E-state index in [-0.39, 0.29) is 0 Å². The topological polar surface area (TPSA) is 80.3 Å². The first-order valence-electron chi connectivity index (χ1n) is 7.58. The molecule has 3 aromatic rings. The van der Waals surface area contributed by atoms with Crippen molar-refractivity contribution in [3.8, 4) is 0 Å². The van der Waals surface area contributed by atoms with Crippen LogP contribution in [0, 0.1) is 0 Å². The van der Waals surface area contributed by atoms with Crippen molar-refractivity contribution in [1.82, 2.24) is 25.4 Å². The van der Waals surface area contributed by atoms with Crippen LogP contribution in [0.25, 0.3) is 11.0 Å². The second-order valence-corrected chi connectivity index (χ2v) is 5.10. The fourth-order valence-electron chi connectivity index (χ4n) is 2.25. The Labute approximate surface area is 134 Å². The zero-order valence-electron chi connectivity index (χ0n) is 13.3. The van der Waals surface area contributed by atoms with Gasteiger partial charge in [-0.15, -0.1) is 0 Å². The summed E-state index contributed by atoms with van der Waals surface area (Å²) in [6.45, 7) is 3.84. The molecule has 0 saturated carbocycles. The molecule has 2 N–H and O–H groups in total. The van der Waals surface area contributed by atoms with Crippen LogP contribution in [0.3, 0.4) is 0 Å². The Morgan fingerprint density at radius 2 is 2.17 bits per heavy atom. The number of para-hydroxylation sites is 1. The first kappa shape index (κ1) is 15.1. The molecule has 0 aliphatic heterocycles. The maximum atomic E-state index is 5.79. The number of guanidine groups is 1. The number of aryl methyl sites for hydroxylation is 1. The molecule has 2 aromatic heterocycles. The third kappa shape index (κ3) is 3.68. The number of aromatic nitrogens is 3. The van der Waals surface area contributed by atoms with Gasteiger partial charge in [0.25, 0.3) is 0 Å². The number of nitrogens with zero attached hydrogens (tertiary/aromatic N) is 4. The number of furan rings is 1. The number of rotatable bonds is 5. The normalized spacial score (nSPS) is 11.8. The first-order chi connectivity index (χ1) is 11.3. The Bertz CT molecular complexity index is 771. The van der Waals surface area contributed by atoms with Crippen molar-refractivity contribution in [2.75, 3.05) is 6.54 Å². The third-order valence-electron chi connectivity index (χ3n) is 3.43. The lowest BCUT2D eigenvalue weighted by Crippen LogP contribution is -2.36. The number of aliphatic imine (C=N–C) groups is 1. The molecular weight excluding hydrogens is 292 g/mol. The van der Waals surface area contributed by atoms with E-state index in [0.29, 0.717) is 13.1 Å². The minimum absolute atomic E-state index is 0.464. The Balaban J connectivity index is 1.65. The van der Waals surface area contributed by atoms with Crippen LogP contribution in [0.5, 0.6) is 0 Å². The van der Waals surface area contributed by atoms with E-state index in [1.807, 2.05) is 44.3 Å². The second kappa shape index (κ2) is 6.95. The van der Waals surface area contributed by atoms with E-state index in [1.165, 1.54) is 6.33 Å². The molecule has 3 rings (SSSR count). The van der Waals surface area contributed by atoms with E-state index < -0.39 is 0 Å². The summed E-state index contributed by atoms with van der Waals surface area (Å²) in [4.78, 5) is 8.68. The Morgan fingerprint density at radius 1 is 1.30 bits per heavy atom. The summed E-state index contributed by atoms with van der Waals surface area (Å²) in [5.74, 6) is 2.40. The van der Waals surface area contributed by atoms with E-state index in [0.717, 1.165) is 35.1 Å². The summed E-state index contributed by atoms with van der Waals surface area (Å²) < 4.78 is 7.51. The van der Waals surface area contributed by atoms with E-state index in [4.69, 9.17) is 4.42 Å². The van der Waals surface area contributed by atoms with Gasteiger partial charge in [0.2, 0.25) is 0 Å². The predicted octanol–water partition coefficient (Wildman–Crippen LogP) is 1.82. The van der Waals surface area contributed by atoms with Crippen molar-refractivity contribution in [3.63, 3.8) is 0 Å². The van der Waals surface area contributed by atoms with E-state index in [1.54, 1.807) is 4.68 Å². The number of hydrogen-bond acceptors (Lipinski definition) is 4. The minimum Gasteiger partial charge on any atom is -0.459 e. The van der Waals surface area contributed by atoms with Gasteiger partial charge < -0.3 is 15.1 Å². The Hall–Kier alpha value is -2.83. The Kier molecular flexibility index (Phi) is 4.56. The fraction of sp³-hybridized carbons (Fsp3) is 0.312. The number of hydrogen-bond donors (Lipinski definition) is 2. The van der Waals surface area contributed by atoms with Crippen molar-refractivity contribution >= 4 is 16.9 Å². The smallest absolute Gasteiger partial charge is 0.192 e. The maximum absolute atomic E-state index is 5.79. The molecule has 0 atom stereocenters. The quantitative estimate of drug-likeness (QED) is 0.555. The molecule has 7 nitrogen and oxygen atoms in total. The molecular formula is C16H20N6O. The van der Waals surface area contributed by atoms with Crippen LogP contribution in [0.4, 0.5) is 0 Å². The summed E-state index contributed by atoms with van der Waals surface area (Å²) in [5, 5.41) is 11.6. The summed E-state index contributed by atoms with van der Waals surface area (Å²) in [7, 11) is 1.85. The number of nitrogens with one attached hydrogen (secondary N) is 2. The van der Waals surface area contributed by atoms with E-state index >= 15 is 0 Å². The zero-order valence-corrected chi connectivity index (χ0v) is 13.3. The average molecular weight is 312 g/mol. The van der Waals surface area contributed by atoms with Crippen LogP contribution in [0.15, 0.2) is 46.1 Å². The van der Waals surface area contributed by atoms with Gasteiger partial charge >= 0.3 is 0 Å². The average Bonchev–Trinajstić information content (AvgIpc) is 3.15. The molecule has 0 aliphatic rings. The van der Waals surface area contributed by atoms with Gasteiger partial charge in [-0.05, 0) is 19.1 Å². The minimum atomic E-state index is 0.464. The van der Waals surface area contributed by atoms with Gasteiger partial charge in [0.05, 0.1) is 6.54 Å². The molecule has 0 spiro atoms. The summed E-state index contributed by atoms with van der Waals surface area (Å²) >= 11 is 0. The third-order valence-corrected chi connectivity index (χ3v) is 3.43. The lowest BCUT2D eigenvalue weighted by Gasteiger charge is -2.09. The highest BCUT2D eigenvalue weighted by atomic mass is 16.3. The fourth-order valence-corrected chi connectivity index (χ4v) is 2.25. The standard InChI is InChI=1S/C16H20N6O/c1-3-17-16(19-10-15-20-11-21-22(15)2)18-9-13-8-12-6-4-5-7-14(12)23-13/h4-8,11H,3,9-10H2,1-2H3,(H2,17,18,19).